The summed E-state index contributed by atoms with van der Waals surface area (Å²) in [5.74, 6) is -1.18. The standard InChI is InChI=1S/C23H24F2N2O3/c24-17-5-10-21(25)20(12-17)23(29)27-11-1-2-15(13-27)14-30-19-8-3-16(4-9-19)22(28)26-18-6-7-18/h3-5,8-10,12,15,18H,1-2,6-7,11,13-14H2,(H,26,28)/t15-/m0/s1. The smallest absolute Gasteiger partial charge is 0.256 e. The molecule has 0 aromatic heterocycles. The van der Waals surface area contributed by atoms with Gasteiger partial charge < -0.3 is 15.0 Å². The Balaban J connectivity index is 1.31. The van der Waals surface area contributed by atoms with Gasteiger partial charge in [-0.15, -0.1) is 0 Å². The van der Waals surface area contributed by atoms with Crippen LogP contribution < -0.4 is 10.1 Å². The summed E-state index contributed by atoms with van der Waals surface area (Å²) in [5.41, 5.74) is 0.359. The molecular weight excluding hydrogens is 390 g/mol. The van der Waals surface area contributed by atoms with Gasteiger partial charge in [0.15, 0.2) is 0 Å². The molecule has 0 bridgehead atoms. The summed E-state index contributed by atoms with van der Waals surface area (Å²) in [6.45, 7) is 1.34. The third-order valence-corrected chi connectivity index (χ3v) is 5.48. The fourth-order valence-corrected chi connectivity index (χ4v) is 3.63. The zero-order valence-corrected chi connectivity index (χ0v) is 16.6. The quantitative estimate of drug-likeness (QED) is 0.783. The van der Waals surface area contributed by atoms with Crippen molar-refractivity contribution in [1.29, 1.82) is 0 Å². The zero-order chi connectivity index (χ0) is 21.1. The lowest BCUT2D eigenvalue weighted by Gasteiger charge is -2.32. The first-order valence-corrected chi connectivity index (χ1v) is 10.3. The zero-order valence-electron chi connectivity index (χ0n) is 16.6. The highest BCUT2D eigenvalue weighted by Gasteiger charge is 2.27. The number of piperidine rings is 1. The van der Waals surface area contributed by atoms with E-state index in [1.807, 2.05) is 0 Å². The van der Waals surface area contributed by atoms with Crippen molar-refractivity contribution in [3.8, 4) is 5.75 Å². The number of carbonyl (C=O) groups excluding carboxylic acids is 2. The molecule has 1 aliphatic carbocycles. The van der Waals surface area contributed by atoms with Crippen LogP contribution in [-0.2, 0) is 0 Å². The van der Waals surface area contributed by atoms with Crippen LogP contribution in [0.25, 0.3) is 0 Å². The van der Waals surface area contributed by atoms with Crippen LogP contribution in [0.3, 0.4) is 0 Å². The summed E-state index contributed by atoms with van der Waals surface area (Å²) in [4.78, 5) is 26.2. The van der Waals surface area contributed by atoms with Gasteiger partial charge in [0.2, 0.25) is 0 Å². The molecule has 1 N–H and O–H groups in total. The molecule has 1 atom stereocenters. The third kappa shape index (κ3) is 4.96. The van der Waals surface area contributed by atoms with Gasteiger partial charge in [-0.05, 0) is 68.1 Å². The molecule has 4 rings (SSSR count). The summed E-state index contributed by atoms with van der Waals surface area (Å²) in [7, 11) is 0. The summed E-state index contributed by atoms with van der Waals surface area (Å²) < 4.78 is 33.2. The van der Waals surface area contributed by atoms with E-state index < -0.39 is 17.5 Å². The van der Waals surface area contributed by atoms with Gasteiger partial charge in [0, 0.05) is 30.6 Å². The Bertz CT molecular complexity index is 929. The predicted molar refractivity (Wildman–Crippen MR) is 107 cm³/mol. The second-order valence-electron chi connectivity index (χ2n) is 7.97. The Morgan fingerprint density at radius 2 is 1.83 bits per heavy atom. The number of hydrogen-bond acceptors (Lipinski definition) is 3. The molecule has 2 aromatic rings. The highest BCUT2D eigenvalue weighted by atomic mass is 19.1. The minimum absolute atomic E-state index is 0.0740. The number of likely N-dealkylation sites (tertiary alicyclic amines) is 1. The van der Waals surface area contributed by atoms with E-state index in [0.717, 1.165) is 43.9 Å². The first kappa shape index (κ1) is 20.3. The van der Waals surface area contributed by atoms with Crippen molar-refractivity contribution in [2.45, 2.75) is 31.7 Å². The second kappa shape index (κ2) is 8.81. The summed E-state index contributed by atoms with van der Waals surface area (Å²) >= 11 is 0. The van der Waals surface area contributed by atoms with Crippen LogP contribution in [0.5, 0.6) is 5.75 Å². The number of nitrogens with zero attached hydrogens (tertiary/aromatic N) is 1. The van der Waals surface area contributed by atoms with Crippen LogP contribution in [0.4, 0.5) is 8.78 Å². The Kier molecular flexibility index (Phi) is 5.97. The maximum absolute atomic E-state index is 13.9. The lowest BCUT2D eigenvalue weighted by atomic mass is 9.98. The van der Waals surface area contributed by atoms with Crippen LogP contribution in [0, 0.1) is 17.6 Å². The molecule has 7 heteroatoms. The number of nitrogens with one attached hydrogen (secondary N) is 1. The molecule has 5 nitrogen and oxygen atoms in total. The Hall–Kier alpha value is -2.96. The molecular formula is C23H24F2N2O3. The molecule has 1 saturated carbocycles. The largest absolute Gasteiger partial charge is 0.493 e. The van der Waals surface area contributed by atoms with Gasteiger partial charge in [0.05, 0.1) is 12.2 Å². The molecule has 30 heavy (non-hydrogen) atoms. The van der Waals surface area contributed by atoms with E-state index in [1.165, 1.54) is 0 Å². The molecule has 2 fully saturated rings. The molecule has 2 aromatic carbocycles. The minimum Gasteiger partial charge on any atom is -0.493 e. The number of hydrogen-bond donors (Lipinski definition) is 1. The van der Waals surface area contributed by atoms with E-state index in [9.17, 15) is 18.4 Å². The van der Waals surface area contributed by atoms with Crippen molar-refractivity contribution in [1.82, 2.24) is 10.2 Å². The number of benzene rings is 2. The Morgan fingerprint density at radius 1 is 1.07 bits per heavy atom. The first-order chi connectivity index (χ1) is 14.5. The van der Waals surface area contributed by atoms with E-state index in [4.69, 9.17) is 4.74 Å². The predicted octanol–water partition coefficient (Wildman–Crippen LogP) is 3.79. The number of carbonyl (C=O) groups is 2. The number of halogens is 2. The molecule has 0 spiro atoms. The monoisotopic (exact) mass is 414 g/mol. The van der Waals surface area contributed by atoms with E-state index in [-0.39, 0.29) is 17.4 Å². The van der Waals surface area contributed by atoms with Gasteiger partial charge in [-0.3, -0.25) is 9.59 Å². The number of ether oxygens (including phenoxy) is 1. The molecule has 1 heterocycles. The average molecular weight is 414 g/mol. The molecule has 1 saturated heterocycles. The fourth-order valence-electron chi connectivity index (χ4n) is 3.63. The van der Waals surface area contributed by atoms with Gasteiger partial charge in [0.1, 0.15) is 17.4 Å². The first-order valence-electron chi connectivity index (χ1n) is 10.3. The Morgan fingerprint density at radius 3 is 2.57 bits per heavy atom. The summed E-state index contributed by atoms with van der Waals surface area (Å²) in [6.07, 6.45) is 3.74. The number of rotatable bonds is 6. The van der Waals surface area contributed by atoms with Crippen molar-refractivity contribution >= 4 is 11.8 Å². The van der Waals surface area contributed by atoms with E-state index in [1.54, 1.807) is 29.2 Å². The molecule has 158 valence electrons. The second-order valence-corrected chi connectivity index (χ2v) is 7.97. The van der Waals surface area contributed by atoms with E-state index in [0.29, 0.717) is 37.1 Å². The van der Waals surface area contributed by atoms with Crippen LogP contribution >= 0.6 is 0 Å². The molecule has 2 amide bonds. The van der Waals surface area contributed by atoms with Crippen molar-refractivity contribution < 1.29 is 23.1 Å². The van der Waals surface area contributed by atoms with Crippen molar-refractivity contribution in [2.75, 3.05) is 19.7 Å². The van der Waals surface area contributed by atoms with Crippen molar-refractivity contribution in [3.63, 3.8) is 0 Å². The highest BCUT2D eigenvalue weighted by molar-refractivity contribution is 5.95. The highest BCUT2D eigenvalue weighted by Crippen LogP contribution is 2.23. The van der Waals surface area contributed by atoms with Crippen LogP contribution in [0.1, 0.15) is 46.4 Å². The van der Waals surface area contributed by atoms with Crippen LogP contribution in [0.2, 0.25) is 0 Å². The van der Waals surface area contributed by atoms with Gasteiger partial charge >= 0.3 is 0 Å². The van der Waals surface area contributed by atoms with Gasteiger partial charge in [-0.25, -0.2) is 8.78 Å². The maximum Gasteiger partial charge on any atom is 0.256 e. The lowest BCUT2D eigenvalue weighted by Crippen LogP contribution is -2.41. The van der Waals surface area contributed by atoms with E-state index in [2.05, 4.69) is 5.32 Å². The maximum atomic E-state index is 13.9. The van der Waals surface area contributed by atoms with Crippen LogP contribution in [-0.4, -0.2) is 42.5 Å². The van der Waals surface area contributed by atoms with Crippen LogP contribution in [0.15, 0.2) is 42.5 Å². The fraction of sp³-hybridized carbons (Fsp3) is 0.391. The number of amides is 2. The molecule has 1 aliphatic heterocycles. The summed E-state index contributed by atoms with van der Waals surface area (Å²) in [6, 6.07) is 10.2. The Labute approximate surface area is 174 Å². The van der Waals surface area contributed by atoms with E-state index >= 15 is 0 Å². The normalized spacial score (nSPS) is 18.7. The average Bonchev–Trinajstić information content (AvgIpc) is 3.58. The molecule has 0 unspecified atom stereocenters. The van der Waals surface area contributed by atoms with Gasteiger partial charge in [0.25, 0.3) is 11.8 Å². The van der Waals surface area contributed by atoms with Crippen molar-refractivity contribution in [3.05, 3.63) is 65.2 Å². The van der Waals surface area contributed by atoms with Crippen molar-refractivity contribution in [2.24, 2.45) is 5.92 Å². The third-order valence-electron chi connectivity index (χ3n) is 5.48. The molecule has 0 radical (unpaired) electrons. The SMILES string of the molecule is O=C(NC1CC1)c1ccc(OC[C@H]2CCCN(C(=O)c3cc(F)ccc3F)C2)cc1. The molecule has 2 aliphatic rings. The summed E-state index contributed by atoms with van der Waals surface area (Å²) in [5, 5.41) is 2.94. The minimum atomic E-state index is -0.717. The lowest BCUT2D eigenvalue weighted by molar-refractivity contribution is 0.0628. The topological polar surface area (TPSA) is 58.6 Å². The van der Waals surface area contributed by atoms with Gasteiger partial charge in [-0.2, -0.15) is 0 Å². The van der Waals surface area contributed by atoms with Gasteiger partial charge in [-0.1, -0.05) is 0 Å².